The average Bonchev–Trinajstić information content (AvgIpc) is 2.35. The van der Waals surface area contributed by atoms with Crippen molar-refractivity contribution in [2.75, 3.05) is 13.3 Å². The van der Waals surface area contributed by atoms with Gasteiger partial charge in [0, 0.05) is 11.5 Å². The van der Waals surface area contributed by atoms with Crippen LogP contribution in [0.1, 0.15) is 44.9 Å². The lowest BCUT2D eigenvalue weighted by Gasteiger charge is -2.55. The molecular weight excluding hydrogens is 224 g/mol. The molecule has 0 radical (unpaired) electrons. The van der Waals surface area contributed by atoms with Crippen LogP contribution in [0.15, 0.2) is 0 Å². The number of hydrogen-bond acceptors (Lipinski definition) is 2. The zero-order chi connectivity index (χ0) is 12.5. The van der Waals surface area contributed by atoms with Crippen molar-refractivity contribution in [3.05, 3.63) is 0 Å². The molecule has 17 heavy (non-hydrogen) atoms. The van der Waals surface area contributed by atoms with Crippen molar-refractivity contribution in [3.8, 4) is 0 Å². The lowest BCUT2D eigenvalue weighted by molar-refractivity contribution is -0.166. The van der Waals surface area contributed by atoms with E-state index in [9.17, 15) is 13.9 Å². The van der Waals surface area contributed by atoms with E-state index in [4.69, 9.17) is 5.73 Å². The number of alkyl halides is 2. The molecule has 2 aliphatic carbocycles. The van der Waals surface area contributed by atoms with Crippen molar-refractivity contribution in [2.45, 2.75) is 56.6 Å². The van der Waals surface area contributed by atoms with Crippen molar-refractivity contribution in [3.63, 3.8) is 0 Å². The Bertz CT molecular complexity index is 254. The van der Waals surface area contributed by atoms with Gasteiger partial charge in [-0.1, -0.05) is 19.3 Å². The number of nitrogens with two attached hydrogens (primary N) is 1. The van der Waals surface area contributed by atoms with Gasteiger partial charge in [0.1, 0.15) is 0 Å². The third-order valence-electron chi connectivity index (χ3n) is 4.71. The van der Waals surface area contributed by atoms with Crippen LogP contribution in [0.4, 0.5) is 8.78 Å². The Kier molecular flexibility index (Phi) is 3.74. The molecule has 0 aromatic heterocycles. The highest BCUT2D eigenvalue weighted by Gasteiger charge is 2.58. The Balaban J connectivity index is 1.94. The number of hydrogen-bond donors (Lipinski definition) is 2. The van der Waals surface area contributed by atoms with Crippen LogP contribution in [0.25, 0.3) is 0 Å². The van der Waals surface area contributed by atoms with Crippen molar-refractivity contribution < 1.29 is 13.9 Å². The molecule has 2 rings (SSSR count). The molecule has 1 atom stereocenters. The molecule has 4 heteroatoms. The van der Waals surface area contributed by atoms with Gasteiger partial charge in [-0.25, -0.2) is 0 Å². The monoisotopic (exact) mass is 247 g/mol. The fraction of sp³-hybridized carbons (Fsp3) is 1.00. The van der Waals surface area contributed by atoms with E-state index in [2.05, 4.69) is 0 Å². The van der Waals surface area contributed by atoms with Crippen LogP contribution < -0.4 is 5.73 Å². The maximum Gasteiger partial charge on any atom is 0.0977 e. The van der Waals surface area contributed by atoms with Crippen LogP contribution in [-0.2, 0) is 0 Å². The van der Waals surface area contributed by atoms with Crippen molar-refractivity contribution >= 4 is 0 Å². The molecule has 2 fully saturated rings. The molecule has 0 saturated heterocycles. The second-order valence-corrected chi connectivity index (χ2v) is 6.15. The summed E-state index contributed by atoms with van der Waals surface area (Å²) in [5.41, 5.74) is 4.15. The van der Waals surface area contributed by atoms with Crippen LogP contribution in [-0.4, -0.2) is 30.1 Å². The zero-order valence-electron chi connectivity index (χ0n) is 10.3. The van der Waals surface area contributed by atoms with E-state index < -0.39 is 24.4 Å². The van der Waals surface area contributed by atoms with Gasteiger partial charge in [0.25, 0.3) is 0 Å². The van der Waals surface area contributed by atoms with Crippen LogP contribution in [0.5, 0.6) is 0 Å². The summed E-state index contributed by atoms with van der Waals surface area (Å²) in [6.07, 6.45) is 6.01. The third-order valence-corrected chi connectivity index (χ3v) is 4.71. The summed E-state index contributed by atoms with van der Waals surface area (Å²) in [5, 5.41) is 10.4. The Morgan fingerprint density at radius 3 is 2.12 bits per heavy atom. The molecule has 2 nitrogen and oxygen atoms in total. The van der Waals surface area contributed by atoms with Crippen LogP contribution in [0.3, 0.4) is 0 Å². The minimum atomic E-state index is -1.03. The number of rotatable bonds is 4. The van der Waals surface area contributed by atoms with E-state index in [0.29, 0.717) is 5.92 Å². The van der Waals surface area contributed by atoms with Gasteiger partial charge < -0.3 is 10.8 Å². The van der Waals surface area contributed by atoms with E-state index in [0.717, 1.165) is 25.7 Å². The van der Waals surface area contributed by atoms with Crippen molar-refractivity contribution in [1.82, 2.24) is 0 Å². The van der Waals surface area contributed by atoms with Crippen LogP contribution >= 0.6 is 0 Å². The van der Waals surface area contributed by atoms with Gasteiger partial charge in [-0.05, 0) is 31.6 Å². The quantitative estimate of drug-likeness (QED) is 0.801. The van der Waals surface area contributed by atoms with Gasteiger partial charge in [0.15, 0.2) is 0 Å². The summed E-state index contributed by atoms with van der Waals surface area (Å²) in [5.74, 6) is 0.325. The standard InChI is InChI=1S/C13H23F2NO/c14-8-12(9-15)6-13(17,7-12)11(16)10-4-2-1-3-5-10/h10-11,17H,1-9,16H2. The predicted octanol–water partition coefficient (Wildman–Crippen LogP) is 2.34. The lowest BCUT2D eigenvalue weighted by atomic mass is 9.55. The largest absolute Gasteiger partial charge is 0.388 e. The highest BCUT2D eigenvalue weighted by molar-refractivity contribution is 5.10. The first kappa shape index (κ1) is 13.2. The first-order chi connectivity index (χ1) is 8.05. The van der Waals surface area contributed by atoms with E-state index >= 15 is 0 Å². The fourth-order valence-electron chi connectivity index (χ4n) is 3.64. The van der Waals surface area contributed by atoms with E-state index in [1.165, 1.54) is 6.42 Å². The minimum Gasteiger partial charge on any atom is -0.388 e. The summed E-state index contributed by atoms with van der Waals surface area (Å²) in [4.78, 5) is 0. The molecule has 1 unspecified atom stereocenters. The molecule has 0 aliphatic heterocycles. The van der Waals surface area contributed by atoms with E-state index in [1.54, 1.807) is 0 Å². The minimum absolute atomic E-state index is 0.185. The SMILES string of the molecule is NC(C1CCCCC1)C1(O)CC(CF)(CF)C1. The number of aliphatic hydroxyl groups is 1. The van der Waals surface area contributed by atoms with Crippen LogP contribution in [0, 0.1) is 11.3 Å². The maximum atomic E-state index is 12.8. The Morgan fingerprint density at radius 2 is 1.65 bits per heavy atom. The van der Waals surface area contributed by atoms with Crippen molar-refractivity contribution in [2.24, 2.45) is 17.1 Å². The molecule has 2 saturated carbocycles. The van der Waals surface area contributed by atoms with Gasteiger partial charge in [0.05, 0.1) is 19.0 Å². The average molecular weight is 247 g/mol. The molecule has 0 aromatic carbocycles. The second kappa shape index (κ2) is 4.81. The summed E-state index contributed by atoms with van der Waals surface area (Å²) in [6, 6.07) is -0.311. The Morgan fingerprint density at radius 1 is 1.12 bits per heavy atom. The molecule has 2 aliphatic rings. The summed E-state index contributed by atoms with van der Waals surface area (Å²) in [6.45, 7) is -1.38. The van der Waals surface area contributed by atoms with Gasteiger partial charge in [-0.3, -0.25) is 8.78 Å². The molecule has 3 N–H and O–H groups in total. The van der Waals surface area contributed by atoms with E-state index in [1.807, 2.05) is 0 Å². The van der Waals surface area contributed by atoms with E-state index in [-0.39, 0.29) is 18.9 Å². The van der Waals surface area contributed by atoms with Gasteiger partial charge in [-0.2, -0.15) is 0 Å². The maximum absolute atomic E-state index is 12.8. The molecule has 100 valence electrons. The summed E-state index contributed by atoms with van der Waals surface area (Å²) >= 11 is 0. The Hall–Kier alpha value is -0.220. The lowest BCUT2D eigenvalue weighted by Crippen LogP contribution is -2.65. The zero-order valence-corrected chi connectivity index (χ0v) is 10.3. The highest BCUT2D eigenvalue weighted by Crippen LogP contribution is 2.52. The summed E-state index contributed by atoms with van der Waals surface area (Å²) in [7, 11) is 0. The third kappa shape index (κ3) is 2.34. The topological polar surface area (TPSA) is 46.2 Å². The summed E-state index contributed by atoms with van der Waals surface area (Å²) < 4.78 is 25.5. The normalized spacial score (nSPS) is 29.6. The van der Waals surface area contributed by atoms with Crippen molar-refractivity contribution in [1.29, 1.82) is 0 Å². The Labute approximate surface area is 102 Å². The number of halogens is 2. The smallest absolute Gasteiger partial charge is 0.0977 e. The van der Waals surface area contributed by atoms with Crippen LogP contribution in [0.2, 0.25) is 0 Å². The molecule has 0 spiro atoms. The van der Waals surface area contributed by atoms with Gasteiger partial charge >= 0.3 is 0 Å². The second-order valence-electron chi connectivity index (χ2n) is 6.15. The molecule has 0 aromatic rings. The van der Waals surface area contributed by atoms with Gasteiger partial charge in [0.2, 0.25) is 0 Å². The fourth-order valence-corrected chi connectivity index (χ4v) is 3.64. The molecule has 0 bridgehead atoms. The molecule has 0 heterocycles. The molecular formula is C13H23F2NO. The first-order valence-electron chi connectivity index (χ1n) is 6.65. The highest BCUT2D eigenvalue weighted by atomic mass is 19.1. The predicted molar refractivity (Wildman–Crippen MR) is 63.1 cm³/mol. The molecule has 0 amide bonds. The first-order valence-corrected chi connectivity index (χ1v) is 6.65. The van der Waals surface area contributed by atoms with Gasteiger partial charge in [-0.15, -0.1) is 0 Å².